The van der Waals surface area contributed by atoms with Crippen molar-refractivity contribution >= 4 is 17.7 Å². The van der Waals surface area contributed by atoms with E-state index in [1.54, 1.807) is 12.1 Å². The van der Waals surface area contributed by atoms with E-state index in [0.29, 0.717) is 0 Å². The molecule has 0 amide bonds. The summed E-state index contributed by atoms with van der Waals surface area (Å²) in [5.74, 6) is -1.39. The van der Waals surface area contributed by atoms with Gasteiger partial charge in [-0.05, 0) is 35.0 Å². The molecule has 154 valence electrons. The van der Waals surface area contributed by atoms with Crippen LogP contribution in [0, 0.1) is 0 Å². The van der Waals surface area contributed by atoms with Crippen LogP contribution < -0.4 is 0 Å². The molecule has 10 heteroatoms. The van der Waals surface area contributed by atoms with Crippen molar-refractivity contribution in [3.8, 4) is 11.1 Å². The van der Waals surface area contributed by atoms with Gasteiger partial charge in [-0.25, -0.2) is 13.6 Å². The average Bonchev–Trinajstić information content (AvgIpc) is 3.05. The number of carboxylic acids is 1. The van der Waals surface area contributed by atoms with E-state index in [-0.39, 0.29) is 16.7 Å². The van der Waals surface area contributed by atoms with Crippen LogP contribution in [0.3, 0.4) is 0 Å². The Labute approximate surface area is 167 Å². The van der Waals surface area contributed by atoms with Gasteiger partial charge in [0.2, 0.25) is 0 Å². The zero-order chi connectivity index (χ0) is 21.6. The van der Waals surface area contributed by atoms with Crippen molar-refractivity contribution in [2.24, 2.45) is 7.05 Å². The van der Waals surface area contributed by atoms with Gasteiger partial charge in [-0.3, -0.25) is 4.68 Å². The number of aromatic nitrogens is 2. The summed E-state index contributed by atoms with van der Waals surface area (Å²) in [5, 5.41) is 11.8. The molecule has 0 radical (unpaired) electrons. The van der Waals surface area contributed by atoms with E-state index < -0.39 is 29.2 Å². The smallest absolute Gasteiger partial charge is 0.446 e. The quantitative estimate of drug-likeness (QED) is 0.406. The number of hydrogen-bond acceptors (Lipinski definition) is 3. The normalized spacial score (nSPS) is 11.1. The number of halogens is 5. The van der Waals surface area contributed by atoms with E-state index in [1.807, 2.05) is 30.3 Å². The maximum Gasteiger partial charge on any atom is 0.446 e. The lowest BCUT2D eigenvalue weighted by Crippen LogP contribution is -1.99. The third-order valence-corrected chi connectivity index (χ3v) is 4.23. The lowest BCUT2D eigenvalue weighted by atomic mass is 10.1. The Kier molecular flexibility index (Phi) is 7.38. The summed E-state index contributed by atoms with van der Waals surface area (Å²) >= 11 is -0.0954. The first kappa shape index (κ1) is 22.4. The predicted octanol–water partition coefficient (Wildman–Crippen LogP) is 6.02. The van der Waals surface area contributed by atoms with E-state index in [2.05, 4.69) is 5.10 Å². The van der Waals surface area contributed by atoms with E-state index in [1.165, 1.54) is 19.2 Å². The van der Waals surface area contributed by atoms with E-state index in [9.17, 15) is 26.7 Å². The molecule has 0 bridgehead atoms. The van der Waals surface area contributed by atoms with E-state index in [0.717, 1.165) is 22.0 Å². The minimum Gasteiger partial charge on any atom is -0.478 e. The molecule has 3 rings (SSSR count). The molecule has 1 heterocycles. The molecule has 29 heavy (non-hydrogen) atoms. The maximum absolute atomic E-state index is 12.1. The van der Waals surface area contributed by atoms with Gasteiger partial charge in [0.25, 0.3) is 6.43 Å². The highest BCUT2D eigenvalue weighted by Gasteiger charge is 2.29. The zero-order valence-electron chi connectivity index (χ0n) is 14.9. The van der Waals surface area contributed by atoms with Crippen LogP contribution in [0.15, 0.2) is 65.7 Å². The van der Waals surface area contributed by atoms with Crippen LogP contribution in [-0.4, -0.2) is 26.4 Å². The monoisotopic (exact) mass is 430 g/mol. The van der Waals surface area contributed by atoms with Gasteiger partial charge in [0, 0.05) is 18.1 Å². The van der Waals surface area contributed by atoms with Gasteiger partial charge in [-0.2, -0.15) is 18.3 Å². The van der Waals surface area contributed by atoms with Gasteiger partial charge in [0.15, 0.2) is 0 Å². The van der Waals surface area contributed by atoms with Crippen molar-refractivity contribution in [1.29, 1.82) is 0 Å². The lowest BCUT2D eigenvalue weighted by molar-refractivity contribution is -0.0328. The number of carbonyl (C=O) groups is 1. The molecule has 3 aromatic rings. The van der Waals surface area contributed by atoms with Gasteiger partial charge in [0.1, 0.15) is 11.3 Å². The molecule has 0 unspecified atom stereocenters. The molecule has 0 saturated heterocycles. The minimum absolute atomic E-state index is 0.0954. The summed E-state index contributed by atoms with van der Waals surface area (Å²) in [7, 11) is 1.39. The van der Waals surface area contributed by atoms with Crippen molar-refractivity contribution < 1.29 is 31.9 Å². The van der Waals surface area contributed by atoms with E-state index >= 15 is 0 Å². The highest BCUT2D eigenvalue weighted by atomic mass is 32.2. The molecular weight excluding hydrogens is 415 g/mol. The molecule has 0 aliphatic carbocycles. The second-order valence-corrected chi connectivity index (χ2v) is 6.78. The van der Waals surface area contributed by atoms with Crippen LogP contribution in [0.1, 0.15) is 22.5 Å². The molecule has 0 fully saturated rings. The molecule has 0 atom stereocenters. The van der Waals surface area contributed by atoms with Crippen LogP contribution in [0.2, 0.25) is 0 Å². The number of nitrogens with zero attached hydrogens (tertiary/aromatic N) is 2. The van der Waals surface area contributed by atoms with Crippen molar-refractivity contribution in [2.75, 3.05) is 0 Å². The van der Waals surface area contributed by atoms with Gasteiger partial charge < -0.3 is 5.11 Å². The Balaban J connectivity index is 0.000000221. The predicted molar refractivity (Wildman–Crippen MR) is 98.9 cm³/mol. The molecule has 4 nitrogen and oxygen atoms in total. The number of aromatic carboxylic acids is 1. The van der Waals surface area contributed by atoms with Crippen LogP contribution in [0.25, 0.3) is 11.1 Å². The highest BCUT2D eigenvalue weighted by Crippen LogP contribution is 2.37. The topological polar surface area (TPSA) is 55.1 Å². The number of rotatable bonds is 4. The van der Waals surface area contributed by atoms with Gasteiger partial charge in [0.05, 0.1) is 0 Å². The molecular formula is C19H15F5N2O2S. The molecule has 2 aromatic carbocycles. The molecule has 0 aliphatic heterocycles. The van der Waals surface area contributed by atoms with Crippen LogP contribution in [0.5, 0.6) is 0 Å². The molecule has 0 aliphatic rings. The first-order chi connectivity index (χ1) is 13.6. The Morgan fingerprint density at radius 1 is 1.03 bits per heavy atom. The molecule has 1 N–H and O–H groups in total. The fraction of sp³-hybridized carbons (Fsp3) is 0.158. The van der Waals surface area contributed by atoms with Gasteiger partial charge in [-0.15, -0.1) is 0 Å². The molecule has 0 spiro atoms. The Bertz CT molecular complexity index is 941. The Hall–Kier alpha value is -2.88. The van der Waals surface area contributed by atoms with Crippen LogP contribution in [-0.2, 0) is 7.05 Å². The summed E-state index contributed by atoms with van der Waals surface area (Å²) in [5.41, 5.74) is -3.46. The fourth-order valence-electron chi connectivity index (χ4n) is 2.31. The number of alkyl halides is 5. The summed E-state index contributed by atoms with van der Waals surface area (Å²) in [6, 6.07) is 15.9. The third kappa shape index (κ3) is 6.90. The maximum atomic E-state index is 12.1. The SMILES string of the molecule is Cn1cc(C(=O)O)c(C(F)F)n1.FC(F)(F)Sc1ccc(-c2ccccc2)cc1. The summed E-state index contributed by atoms with van der Waals surface area (Å²) in [6.45, 7) is 0. The summed E-state index contributed by atoms with van der Waals surface area (Å²) in [4.78, 5) is 10.6. The highest BCUT2D eigenvalue weighted by molar-refractivity contribution is 8.00. The summed E-state index contributed by atoms with van der Waals surface area (Å²) in [6.07, 6.45) is -1.80. The first-order valence-corrected chi connectivity index (χ1v) is 8.84. The minimum atomic E-state index is -4.23. The van der Waals surface area contributed by atoms with Crippen LogP contribution >= 0.6 is 11.8 Å². The average molecular weight is 430 g/mol. The standard InChI is InChI=1S/C13H9F3S.C6H6F2N2O2/c14-13(15,16)17-12-8-6-11(7-9-12)10-4-2-1-3-5-10;1-10-2-3(6(11)12)4(9-10)5(7)8/h1-9H;2,5H,1H3,(H,11,12). The second kappa shape index (κ2) is 9.55. The molecule has 0 saturated carbocycles. The lowest BCUT2D eigenvalue weighted by Gasteiger charge is -2.06. The van der Waals surface area contributed by atoms with E-state index in [4.69, 9.17) is 5.11 Å². The number of benzene rings is 2. The second-order valence-electron chi connectivity index (χ2n) is 5.65. The third-order valence-electron chi connectivity index (χ3n) is 3.49. The van der Waals surface area contributed by atoms with Crippen LogP contribution in [0.4, 0.5) is 22.0 Å². The van der Waals surface area contributed by atoms with Gasteiger partial charge >= 0.3 is 11.5 Å². The van der Waals surface area contributed by atoms with Crippen molar-refractivity contribution in [2.45, 2.75) is 16.8 Å². The van der Waals surface area contributed by atoms with Crippen molar-refractivity contribution in [3.63, 3.8) is 0 Å². The number of thioether (sulfide) groups is 1. The number of aryl methyl sites for hydroxylation is 1. The Morgan fingerprint density at radius 3 is 2.03 bits per heavy atom. The fourth-order valence-corrected chi connectivity index (χ4v) is 2.85. The first-order valence-electron chi connectivity index (χ1n) is 8.03. The number of carboxylic acid groups (broad SMARTS) is 1. The zero-order valence-corrected chi connectivity index (χ0v) is 15.7. The number of hydrogen-bond donors (Lipinski definition) is 1. The summed E-state index contributed by atoms with van der Waals surface area (Å²) < 4.78 is 61.6. The largest absolute Gasteiger partial charge is 0.478 e. The van der Waals surface area contributed by atoms with Crippen molar-refractivity contribution in [1.82, 2.24) is 9.78 Å². The Morgan fingerprint density at radius 2 is 1.59 bits per heavy atom. The molecule has 1 aromatic heterocycles. The van der Waals surface area contributed by atoms with Crippen molar-refractivity contribution in [3.05, 3.63) is 72.1 Å². The van der Waals surface area contributed by atoms with Gasteiger partial charge in [-0.1, -0.05) is 42.5 Å².